The Hall–Kier alpha value is -2.54. The average Bonchev–Trinajstić information content (AvgIpc) is 2.84. The van der Waals surface area contributed by atoms with Crippen molar-refractivity contribution in [3.8, 4) is 6.07 Å². The first kappa shape index (κ1) is 12.9. The van der Waals surface area contributed by atoms with E-state index in [1.807, 2.05) is 37.3 Å². The number of furan rings is 1. The highest BCUT2D eigenvalue weighted by molar-refractivity contribution is 5.86. The molecule has 0 fully saturated rings. The lowest BCUT2D eigenvalue weighted by molar-refractivity contribution is -0.121. The van der Waals surface area contributed by atoms with Gasteiger partial charge in [0.25, 0.3) is 0 Å². The van der Waals surface area contributed by atoms with Gasteiger partial charge >= 0.3 is 0 Å². The highest BCUT2D eigenvalue weighted by Gasteiger charge is 2.19. The van der Waals surface area contributed by atoms with E-state index in [1.165, 1.54) is 0 Å². The van der Waals surface area contributed by atoms with Crippen LogP contribution in [0.25, 0.3) is 0 Å². The summed E-state index contributed by atoms with van der Waals surface area (Å²) in [7, 11) is 0. The van der Waals surface area contributed by atoms with Gasteiger partial charge in [-0.15, -0.1) is 0 Å². The SMILES string of the molecule is Cc1ccc(CNC(=O)C(C#N)c2ccccc2)o1. The molecule has 1 aromatic carbocycles. The van der Waals surface area contributed by atoms with Crippen LogP contribution in [-0.2, 0) is 11.3 Å². The Morgan fingerprint density at radius 3 is 2.63 bits per heavy atom. The molecular formula is C15H14N2O2. The monoisotopic (exact) mass is 254 g/mol. The van der Waals surface area contributed by atoms with E-state index in [2.05, 4.69) is 5.32 Å². The van der Waals surface area contributed by atoms with Crippen LogP contribution in [0.2, 0.25) is 0 Å². The molecule has 1 amide bonds. The maximum atomic E-state index is 12.0. The van der Waals surface area contributed by atoms with Crippen molar-refractivity contribution in [3.63, 3.8) is 0 Å². The number of benzene rings is 1. The number of rotatable bonds is 4. The lowest BCUT2D eigenvalue weighted by Gasteiger charge is -2.09. The van der Waals surface area contributed by atoms with E-state index in [0.717, 1.165) is 5.76 Å². The topological polar surface area (TPSA) is 66.0 Å². The van der Waals surface area contributed by atoms with Gasteiger partial charge in [0.1, 0.15) is 17.4 Å². The van der Waals surface area contributed by atoms with Crippen LogP contribution in [-0.4, -0.2) is 5.91 Å². The van der Waals surface area contributed by atoms with Crippen molar-refractivity contribution in [1.29, 1.82) is 5.26 Å². The second-order valence-electron chi connectivity index (χ2n) is 4.20. The van der Waals surface area contributed by atoms with Crippen LogP contribution < -0.4 is 5.32 Å². The Balaban J connectivity index is 2.00. The number of carbonyl (C=O) groups excluding carboxylic acids is 1. The van der Waals surface area contributed by atoms with Crippen molar-refractivity contribution >= 4 is 5.91 Å². The first-order chi connectivity index (χ1) is 9.20. The Kier molecular flexibility index (Phi) is 3.99. The molecule has 0 radical (unpaired) electrons. The van der Waals surface area contributed by atoms with E-state index in [1.54, 1.807) is 18.2 Å². The third-order valence-corrected chi connectivity index (χ3v) is 2.76. The fourth-order valence-corrected chi connectivity index (χ4v) is 1.79. The minimum atomic E-state index is -0.794. The number of amides is 1. The first-order valence-corrected chi connectivity index (χ1v) is 5.98. The molecule has 0 aliphatic carbocycles. The van der Waals surface area contributed by atoms with E-state index in [4.69, 9.17) is 9.68 Å². The molecule has 96 valence electrons. The van der Waals surface area contributed by atoms with Gasteiger partial charge in [0.2, 0.25) is 5.91 Å². The minimum absolute atomic E-state index is 0.289. The fraction of sp³-hybridized carbons (Fsp3) is 0.200. The minimum Gasteiger partial charge on any atom is -0.465 e. The molecule has 0 saturated heterocycles. The lowest BCUT2D eigenvalue weighted by Crippen LogP contribution is -2.28. The average molecular weight is 254 g/mol. The zero-order valence-corrected chi connectivity index (χ0v) is 10.6. The van der Waals surface area contributed by atoms with Crippen molar-refractivity contribution in [2.75, 3.05) is 0 Å². The molecule has 4 heteroatoms. The van der Waals surface area contributed by atoms with Crippen LogP contribution in [0.15, 0.2) is 46.9 Å². The number of aryl methyl sites for hydroxylation is 1. The van der Waals surface area contributed by atoms with E-state index in [0.29, 0.717) is 11.3 Å². The molecule has 2 aromatic rings. The molecule has 4 nitrogen and oxygen atoms in total. The molecule has 0 saturated carbocycles. The smallest absolute Gasteiger partial charge is 0.242 e. The Bertz CT molecular complexity index is 596. The summed E-state index contributed by atoms with van der Waals surface area (Å²) in [6.45, 7) is 2.13. The van der Waals surface area contributed by atoms with E-state index >= 15 is 0 Å². The van der Waals surface area contributed by atoms with E-state index < -0.39 is 5.92 Å². The van der Waals surface area contributed by atoms with Gasteiger partial charge in [-0.25, -0.2) is 0 Å². The first-order valence-electron chi connectivity index (χ1n) is 5.98. The maximum Gasteiger partial charge on any atom is 0.242 e. The predicted molar refractivity (Wildman–Crippen MR) is 70.1 cm³/mol. The lowest BCUT2D eigenvalue weighted by atomic mass is 10.00. The van der Waals surface area contributed by atoms with Crippen LogP contribution in [0.5, 0.6) is 0 Å². The third kappa shape index (κ3) is 3.23. The Morgan fingerprint density at radius 1 is 1.32 bits per heavy atom. The number of nitrogens with one attached hydrogen (secondary N) is 1. The van der Waals surface area contributed by atoms with Crippen molar-refractivity contribution < 1.29 is 9.21 Å². The van der Waals surface area contributed by atoms with E-state index in [-0.39, 0.29) is 12.5 Å². The Morgan fingerprint density at radius 2 is 2.05 bits per heavy atom. The summed E-state index contributed by atoms with van der Waals surface area (Å²) in [6, 6.07) is 14.7. The summed E-state index contributed by atoms with van der Waals surface area (Å²) in [5, 5.41) is 11.8. The summed E-state index contributed by atoms with van der Waals surface area (Å²) in [6.07, 6.45) is 0. The van der Waals surface area contributed by atoms with Gasteiger partial charge in [0.05, 0.1) is 12.6 Å². The number of carbonyl (C=O) groups is 1. The number of nitriles is 1. The van der Waals surface area contributed by atoms with Crippen LogP contribution in [0.4, 0.5) is 0 Å². The van der Waals surface area contributed by atoms with Crippen molar-refractivity contribution in [1.82, 2.24) is 5.32 Å². The second-order valence-corrected chi connectivity index (χ2v) is 4.20. The second kappa shape index (κ2) is 5.87. The van der Waals surface area contributed by atoms with Crippen molar-refractivity contribution in [3.05, 3.63) is 59.5 Å². The molecule has 0 spiro atoms. The summed E-state index contributed by atoms with van der Waals surface area (Å²) >= 11 is 0. The van der Waals surface area contributed by atoms with Gasteiger partial charge in [-0.2, -0.15) is 5.26 Å². The molecule has 0 aliphatic rings. The predicted octanol–water partition coefficient (Wildman–Crippen LogP) is 2.51. The van der Waals surface area contributed by atoms with Gasteiger partial charge < -0.3 is 9.73 Å². The standard InChI is InChI=1S/C15H14N2O2/c1-11-7-8-13(19-11)10-17-15(18)14(9-16)12-5-3-2-4-6-12/h2-8,14H,10H2,1H3,(H,17,18). The molecular weight excluding hydrogens is 240 g/mol. The maximum absolute atomic E-state index is 12.0. The summed E-state index contributed by atoms with van der Waals surface area (Å²) in [5.74, 6) is 0.361. The Labute approximate surface area is 111 Å². The zero-order chi connectivity index (χ0) is 13.7. The van der Waals surface area contributed by atoms with Crippen molar-refractivity contribution in [2.45, 2.75) is 19.4 Å². The highest BCUT2D eigenvalue weighted by atomic mass is 16.3. The van der Waals surface area contributed by atoms with Gasteiger partial charge in [0, 0.05) is 0 Å². The normalized spacial score (nSPS) is 11.6. The molecule has 1 unspecified atom stereocenters. The fourth-order valence-electron chi connectivity index (χ4n) is 1.79. The van der Waals surface area contributed by atoms with Crippen LogP contribution in [0, 0.1) is 18.3 Å². The molecule has 2 rings (SSSR count). The third-order valence-electron chi connectivity index (χ3n) is 2.76. The van der Waals surface area contributed by atoms with E-state index in [9.17, 15) is 4.79 Å². The zero-order valence-electron chi connectivity index (χ0n) is 10.6. The summed E-state index contributed by atoms with van der Waals surface area (Å²) < 4.78 is 5.36. The highest BCUT2D eigenvalue weighted by Crippen LogP contribution is 2.15. The molecule has 1 atom stereocenters. The van der Waals surface area contributed by atoms with Crippen LogP contribution in [0.3, 0.4) is 0 Å². The largest absolute Gasteiger partial charge is 0.465 e. The summed E-state index contributed by atoms with van der Waals surface area (Å²) in [5.41, 5.74) is 0.693. The van der Waals surface area contributed by atoms with Crippen LogP contribution >= 0.6 is 0 Å². The number of hydrogen-bond donors (Lipinski definition) is 1. The molecule has 1 N–H and O–H groups in total. The van der Waals surface area contributed by atoms with Gasteiger partial charge in [-0.05, 0) is 24.6 Å². The number of nitrogens with zero attached hydrogens (tertiary/aromatic N) is 1. The summed E-state index contributed by atoms with van der Waals surface area (Å²) in [4.78, 5) is 12.0. The molecule has 1 aromatic heterocycles. The quantitative estimate of drug-likeness (QED) is 0.911. The van der Waals surface area contributed by atoms with Crippen LogP contribution in [0.1, 0.15) is 23.0 Å². The molecule has 1 heterocycles. The van der Waals surface area contributed by atoms with Gasteiger partial charge in [-0.3, -0.25) is 4.79 Å². The van der Waals surface area contributed by atoms with Gasteiger partial charge in [-0.1, -0.05) is 30.3 Å². The molecule has 0 bridgehead atoms. The van der Waals surface area contributed by atoms with Crippen molar-refractivity contribution in [2.24, 2.45) is 0 Å². The molecule has 19 heavy (non-hydrogen) atoms. The van der Waals surface area contributed by atoms with Gasteiger partial charge in [0.15, 0.2) is 0 Å². The molecule has 0 aliphatic heterocycles. The number of hydrogen-bond acceptors (Lipinski definition) is 3.